The highest BCUT2D eigenvalue weighted by Gasteiger charge is 2.36. The number of rotatable bonds is 2. The second-order valence-corrected chi connectivity index (χ2v) is 8.55. The third kappa shape index (κ3) is 3.39. The molecule has 0 saturated carbocycles. The van der Waals surface area contributed by atoms with Gasteiger partial charge in [0.05, 0.1) is 5.52 Å². The smallest absolute Gasteiger partial charge is 0.259 e. The summed E-state index contributed by atoms with van der Waals surface area (Å²) in [5, 5.41) is 8.44. The van der Waals surface area contributed by atoms with Crippen LogP contribution in [0.5, 0.6) is 0 Å². The van der Waals surface area contributed by atoms with E-state index in [1.54, 1.807) is 13.8 Å². The lowest BCUT2D eigenvalue weighted by Crippen LogP contribution is -2.14. The van der Waals surface area contributed by atoms with Crippen LogP contribution in [0.2, 0.25) is 0 Å². The molecule has 0 aliphatic rings. The van der Waals surface area contributed by atoms with Crippen LogP contribution in [0, 0.1) is 13.8 Å². The Morgan fingerprint density at radius 3 is 2.27 bits per heavy atom. The molecule has 0 amide bonds. The Labute approximate surface area is 184 Å². The number of hydrogen-bond donors (Lipinski definition) is 0. The third-order valence-corrected chi connectivity index (χ3v) is 6.29. The number of nitrogens with zero attached hydrogens (tertiary/aromatic N) is 7. The summed E-state index contributed by atoms with van der Waals surface area (Å²) in [5.41, 5.74) is -0.624. The highest BCUT2D eigenvalue weighted by atomic mass is 32.1. The van der Waals surface area contributed by atoms with E-state index in [2.05, 4.69) is 25.1 Å². The first-order valence-corrected chi connectivity index (χ1v) is 10.3. The van der Waals surface area contributed by atoms with E-state index in [1.165, 1.54) is 22.4 Å². The Hall–Kier alpha value is -3.29. The van der Waals surface area contributed by atoms with Crippen LogP contribution in [-0.2, 0) is 12.4 Å². The first kappa shape index (κ1) is 21.6. The second kappa shape index (κ2) is 6.85. The molecule has 0 spiro atoms. The van der Waals surface area contributed by atoms with Gasteiger partial charge in [0.2, 0.25) is 0 Å². The van der Waals surface area contributed by atoms with Crippen LogP contribution in [0.25, 0.3) is 26.1 Å². The van der Waals surface area contributed by atoms with Gasteiger partial charge in [0, 0.05) is 11.1 Å². The normalized spacial score (nSPS) is 14.1. The lowest BCUT2D eigenvalue weighted by atomic mass is 10.1. The quantitative estimate of drug-likeness (QED) is 0.315. The highest BCUT2D eigenvalue weighted by Crippen LogP contribution is 2.38. The standard InChI is InChI=1S/C19H13F6N7S/c1-7-4-10(18(20,21)22)27-17-12(7)13-14(33-17)16-28-15(30-31(16)6-26-13)9(3)32-8(2)5-11(29-32)19(23,24)25/h4-6,9H,1-3H3. The number of thiophene rings is 1. The van der Waals surface area contributed by atoms with E-state index in [1.807, 2.05) is 0 Å². The van der Waals surface area contributed by atoms with Crippen LogP contribution >= 0.6 is 11.3 Å². The number of fused-ring (bicyclic) bond motifs is 5. The summed E-state index contributed by atoms with van der Waals surface area (Å²) in [4.78, 5) is 12.7. The third-order valence-electron chi connectivity index (χ3n) is 5.22. The number of aromatic nitrogens is 7. The van der Waals surface area contributed by atoms with Gasteiger partial charge in [-0.05, 0) is 38.5 Å². The van der Waals surface area contributed by atoms with Crippen molar-refractivity contribution in [2.45, 2.75) is 39.2 Å². The predicted octanol–water partition coefficient (Wildman–Crippen LogP) is 5.35. The van der Waals surface area contributed by atoms with Gasteiger partial charge in [0.15, 0.2) is 17.2 Å². The zero-order valence-corrected chi connectivity index (χ0v) is 17.9. The topological polar surface area (TPSA) is 73.8 Å². The van der Waals surface area contributed by atoms with E-state index >= 15 is 0 Å². The van der Waals surface area contributed by atoms with Crippen molar-refractivity contribution in [2.24, 2.45) is 0 Å². The van der Waals surface area contributed by atoms with E-state index < -0.39 is 29.8 Å². The zero-order valence-electron chi connectivity index (χ0n) is 17.1. The molecule has 5 rings (SSSR count). The summed E-state index contributed by atoms with van der Waals surface area (Å²) in [6, 6.07) is 1.17. The molecule has 0 saturated heterocycles. The fraction of sp³-hybridized carbons (Fsp3) is 0.316. The van der Waals surface area contributed by atoms with Crippen molar-refractivity contribution in [1.29, 1.82) is 0 Å². The summed E-state index contributed by atoms with van der Waals surface area (Å²) in [5.74, 6) is 0.183. The molecule has 172 valence electrons. The lowest BCUT2D eigenvalue weighted by Gasteiger charge is -2.10. The van der Waals surface area contributed by atoms with Crippen molar-refractivity contribution >= 4 is 37.4 Å². The zero-order chi connectivity index (χ0) is 23.9. The maximum absolute atomic E-state index is 13.2. The van der Waals surface area contributed by atoms with Crippen molar-refractivity contribution in [3.05, 3.63) is 46.9 Å². The molecule has 14 heteroatoms. The Balaban J connectivity index is 1.66. The maximum Gasteiger partial charge on any atom is 0.435 e. The minimum atomic E-state index is -4.59. The number of hydrogen-bond acceptors (Lipinski definition) is 6. The van der Waals surface area contributed by atoms with Crippen molar-refractivity contribution in [3.8, 4) is 0 Å². The van der Waals surface area contributed by atoms with Gasteiger partial charge in [-0.2, -0.15) is 31.4 Å². The molecule has 0 N–H and O–H groups in total. The number of pyridine rings is 1. The SMILES string of the molecule is Cc1cc(C(F)(F)F)nc2sc3c(ncn4nc(C(C)n5nc(C(F)(F)F)cc5C)nc34)c12. The van der Waals surface area contributed by atoms with Crippen molar-refractivity contribution in [1.82, 2.24) is 34.3 Å². The molecular weight excluding hydrogens is 472 g/mol. The van der Waals surface area contributed by atoms with Gasteiger partial charge in [-0.15, -0.1) is 16.4 Å². The van der Waals surface area contributed by atoms with E-state index in [-0.39, 0.29) is 16.3 Å². The van der Waals surface area contributed by atoms with Gasteiger partial charge >= 0.3 is 12.4 Å². The van der Waals surface area contributed by atoms with E-state index in [9.17, 15) is 26.3 Å². The van der Waals surface area contributed by atoms with E-state index in [4.69, 9.17) is 0 Å². The van der Waals surface area contributed by atoms with E-state index in [0.717, 1.165) is 23.5 Å². The number of halogens is 6. The van der Waals surface area contributed by atoms with Crippen molar-refractivity contribution < 1.29 is 26.3 Å². The van der Waals surface area contributed by atoms with Crippen LogP contribution < -0.4 is 0 Å². The molecule has 7 nitrogen and oxygen atoms in total. The average Bonchev–Trinajstić information content (AvgIpc) is 3.39. The van der Waals surface area contributed by atoms with Crippen LogP contribution in [0.1, 0.15) is 41.4 Å². The molecule has 1 atom stereocenters. The first-order valence-electron chi connectivity index (χ1n) is 9.50. The monoisotopic (exact) mass is 485 g/mol. The van der Waals surface area contributed by atoms with Gasteiger partial charge in [-0.25, -0.2) is 19.5 Å². The molecule has 1 unspecified atom stereocenters. The van der Waals surface area contributed by atoms with Gasteiger partial charge in [0.1, 0.15) is 27.6 Å². The molecule has 0 aliphatic heterocycles. The fourth-order valence-electron chi connectivity index (χ4n) is 3.68. The van der Waals surface area contributed by atoms with Crippen molar-refractivity contribution in [2.75, 3.05) is 0 Å². The molecule has 0 aromatic carbocycles. The molecule has 0 radical (unpaired) electrons. The average molecular weight is 485 g/mol. The maximum atomic E-state index is 13.2. The van der Waals surface area contributed by atoms with Crippen molar-refractivity contribution in [3.63, 3.8) is 0 Å². The predicted molar refractivity (Wildman–Crippen MR) is 107 cm³/mol. The van der Waals surface area contributed by atoms with E-state index in [0.29, 0.717) is 26.8 Å². The molecule has 5 heterocycles. The summed E-state index contributed by atoms with van der Waals surface area (Å²) < 4.78 is 81.6. The highest BCUT2D eigenvalue weighted by molar-refractivity contribution is 7.26. The van der Waals surface area contributed by atoms with Crippen LogP contribution in [-0.4, -0.2) is 34.3 Å². The summed E-state index contributed by atoms with van der Waals surface area (Å²) in [6.45, 7) is 4.64. The number of aryl methyl sites for hydroxylation is 2. The summed E-state index contributed by atoms with van der Waals surface area (Å²) >= 11 is 0.999. The minimum absolute atomic E-state index is 0.160. The molecule has 0 bridgehead atoms. The number of alkyl halides is 6. The van der Waals surface area contributed by atoms with Gasteiger partial charge in [-0.1, -0.05) is 0 Å². The Bertz CT molecular complexity index is 1540. The largest absolute Gasteiger partial charge is 0.435 e. The Morgan fingerprint density at radius 2 is 1.64 bits per heavy atom. The molecular formula is C19H13F6N7S. The molecule has 0 aliphatic carbocycles. The Kier molecular flexibility index (Phi) is 4.48. The van der Waals surface area contributed by atoms with Crippen LogP contribution in [0.3, 0.4) is 0 Å². The van der Waals surface area contributed by atoms with Gasteiger partial charge in [0.25, 0.3) is 0 Å². The minimum Gasteiger partial charge on any atom is -0.259 e. The molecule has 33 heavy (non-hydrogen) atoms. The lowest BCUT2D eigenvalue weighted by molar-refractivity contribution is -0.142. The first-order chi connectivity index (χ1) is 15.3. The summed E-state index contributed by atoms with van der Waals surface area (Å²) in [7, 11) is 0. The van der Waals surface area contributed by atoms with Crippen LogP contribution in [0.4, 0.5) is 26.3 Å². The molecule has 0 fully saturated rings. The molecule has 5 aromatic heterocycles. The van der Waals surface area contributed by atoms with Gasteiger partial charge < -0.3 is 0 Å². The second-order valence-electron chi connectivity index (χ2n) is 7.55. The molecule has 5 aromatic rings. The van der Waals surface area contributed by atoms with Crippen LogP contribution in [0.15, 0.2) is 18.5 Å². The fourth-order valence-corrected chi connectivity index (χ4v) is 4.86. The summed E-state index contributed by atoms with van der Waals surface area (Å²) in [6.07, 6.45) is -7.82. The Morgan fingerprint density at radius 1 is 0.939 bits per heavy atom. The van der Waals surface area contributed by atoms with Gasteiger partial charge in [-0.3, -0.25) is 4.68 Å².